The normalized spacial score (nSPS) is 11.7. The molecular formula is C11H13BrF4N2. The van der Waals surface area contributed by atoms with Crippen molar-refractivity contribution >= 4 is 21.6 Å². The zero-order chi connectivity index (χ0) is 13.9. The molecule has 18 heavy (non-hydrogen) atoms. The monoisotopic (exact) mass is 328 g/mol. The smallest absolute Gasteiger partial charge is 0.360 e. The lowest BCUT2D eigenvalue weighted by Crippen LogP contribution is -2.34. The molecule has 1 aromatic rings. The fraction of sp³-hybridized carbons (Fsp3) is 0.455. The minimum Gasteiger partial charge on any atom is -0.360 e. The van der Waals surface area contributed by atoms with Gasteiger partial charge in [0.05, 0.1) is 10.2 Å². The summed E-state index contributed by atoms with van der Waals surface area (Å²) in [7, 11) is 0. The van der Waals surface area contributed by atoms with E-state index in [1.807, 2.05) is 0 Å². The van der Waals surface area contributed by atoms with Gasteiger partial charge in [-0.2, -0.15) is 13.2 Å². The molecule has 0 bridgehead atoms. The van der Waals surface area contributed by atoms with E-state index < -0.39 is 18.5 Å². The van der Waals surface area contributed by atoms with Gasteiger partial charge in [0.1, 0.15) is 6.54 Å². The number of rotatable bonds is 4. The van der Waals surface area contributed by atoms with E-state index in [1.165, 1.54) is 19.1 Å². The molecule has 102 valence electrons. The van der Waals surface area contributed by atoms with Gasteiger partial charge in [0.2, 0.25) is 0 Å². The first-order valence-corrected chi connectivity index (χ1v) is 6.08. The van der Waals surface area contributed by atoms with Crippen molar-refractivity contribution in [1.82, 2.24) is 0 Å². The van der Waals surface area contributed by atoms with Crippen LogP contribution in [0.25, 0.3) is 0 Å². The van der Waals surface area contributed by atoms with E-state index in [1.54, 1.807) is 0 Å². The summed E-state index contributed by atoms with van der Waals surface area (Å²) in [5.41, 5.74) is 5.82. The Morgan fingerprint density at radius 3 is 2.39 bits per heavy atom. The summed E-state index contributed by atoms with van der Waals surface area (Å²) < 4.78 is 51.1. The maximum absolute atomic E-state index is 13.9. The zero-order valence-electron chi connectivity index (χ0n) is 9.69. The number of anilines is 1. The molecule has 2 N–H and O–H groups in total. The van der Waals surface area contributed by atoms with Crippen molar-refractivity contribution in [2.24, 2.45) is 5.73 Å². The molecule has 0 aromatic heterocycles. The van der Waals surface area contributed by atoms with Crippen LogP contribution < -0.4 is 10.6 Å². The van der Waals surface area contributed by atoms with Crippen LogP contribution in [-0.4, -0.2) is 19.3 Å². The van der Waals surface area contributed by atoms with Crippen molar-refractivity contribution in [2.75, 3.05) is 18.0 Å². The molecule has 0 aliphatic heterocycles. The Hall–Kier alpha value is -0.820. The van der Waals surface area contributed by atoms with Crippen LogP contribution in [-0.2, 0) is 6.54 Å². The summed E-state index contributed by atoms with van der Waals surface area (Å²) in [6.45, 7) is 0.527. The van der Waals surface area contributed by atoms with Gasteiger partial charge in [-0.05, 0) is 34.5 Å². The average Bonchev–Trinajstić information content (AvgIpc) is 2.29. The van der Waals surface area contributed by atoms with Crippen LogP contribution in [0.1, 0.15) is 12.5 Å². The van der Waals surface area contributed by atoms with Crippen LogP contribution in [0.5, 0.6) is 0 Å². The van der Waals surface area contributed by atoms with Crippen LogP contribution in [0.2, 0.25) is 0 Å². The summed E-state index contributed by atoms with van der Waals surface area (Å²) in [5.74, 6) is -0.718. The van der Waals surface area contributed by atoms with Crippen molar-refractivity contribution in [3.05, 3.63) is 28.0 Å². The molecule has 0 aliphatic carbocycles. The summed E-state index contributed by atoms with van der Waals surface area (Å²) in [4.78, 5) is 0.931. The highest BCUT2D eigenvalue weighted by atomic mass is 79.9. The second-order valence-corrected chi connectivity index (χ2v) is 4.50. The van der Waals surface area contributed by atoms with E-state index in [2.05, 4.69) is 15.9 Å². The highest BCUT2D eigenvalue weighted by molar-refractivity contribution is 9.10. The van der Waals surface area contributed by atoms with E-state index in [-0.39, 0.29) is 23.2 Å². The first-order chi connectivity index (χ1) is 8.30. The fourth-order valence-corrected chi connectivity index (χ4v) is 2.06. The Bertz CT molecular complexity index is 420. The van der Waals surface area contributed by atoms with Crippen molar-refractivity contribution in [2.45, 2.75) is 19.6 Å². The van der Waals surface area contributed by atoms with Gasteiger partial charge in [0.25, 0.3) is 0 Å². The predicted molar refractivity (Wildman–Crippen MR) is 65.9 cm³/mol. The molecular weight excluding hydrogens is 316 g/mol. The van der Waals surface area contributed by atoms with E-state index in [9.17, 15) is 17.6 Å². The molecule has 0 saturated heterocycles. The van der Waals surface area contributed by atoms with Gasteiger partial charge in [0.15, 0.2) is 5.82 Å². The fourth-order valence-electron chi connectivity index (χ4n) is 1.56. The van der Waals surface area contributed by atoms with E-state index in [4.69, 9.17) is 5.73 Å². The number of hydrogen-bond donors (Lipinski definition) is 1. The Kier molecular flexibility index (Phi) is 4.98. The second kappa shape index (κ2) is 5.88. The number of halogens is 5. The van der Waals surface area contributed by atoms with Gasteiger partial charge in [0, 0.05) is 13.1 Å². The van der Waals surface area contributed by atoms with Gasteiger partial charge in [-0.3, -0.25) is 0 Å². The lowest BCUT2D eigenvalue weighted by Gasteiger charge is -2.25. The minimum absolute atomic E-state index is 0.0604. The van der Waals surface area contributed by atoms with E-state index >= 15 is 0 Å². The maximum atomic E-state index is 13.9. The third-order valence-electron chi connectivity index (χ3n) is 2.45. The molecule has 0 saturated carbocycles. The average molecular weight is 329 g/mol. The van der Waals surface area contributed by atoms with Crippen molar-refractivity contribution in [3.63, 3.8) is 0 Å². The molecule has 0 atom stereocenters. The molecule has 1 aromatic carbocycles. The lowest BCUT2D eigenvalue weighted by atomic mass is 10.2. The minimum atomic E-state index is -4.37. The third-order valence-corrected chi connectivity index (χ3v) is 3.31. The molecule has 1 rings (SSSR count). The number of benzene rings is 1. The Balaban J connectivity index is 3.11. The first-order valence-electron chi connectivity index (χ1n) is 5.28. The van der Waals surface area contributed by atoms with Crippen LogP contribution in [0.15, 0.2) is 16.6 Å². The van der Waals surface area contributed by atoms with Gasteiger partial charge in [-0.15, -0.1) is 0 Å². The number of nitrogens with two attached hydrogens (primary N) is 1. The van der Waals surface area contributed by atoms with Crippen LogP contribution in [0.4, 0.5) is 23.2 Å². The number of alkyl halides is 3. The standard InChI is InChI=1S/C11H13BrF4N2/c1-2-18(6-11(14,15)16)8-4-3-7(5-17)9(12)10(8)13/h3-4H,2,5-6,17H2,1H3. The molecule has 0 fully saturated rings. The molecule has 0 heterocycles. The largest absolute Gasteiger partial charge is 0.405 e. The summed E-state index contributed by atoms with van der Waals surface area (Å²) in [5, 5.41) is 0. The Morgan fingerprint density at radius 2 is 1.94 bits per heavy atom. The lowest BCUT2D eigenvalue weighted by molar-refractivity contribution is -0.119. The van der Waals surface area contributed by atoms with E-state index in [0.29, 0.717) is 5.56 Å². The highest BCUT2D eigenvalue weighted by Gasteiger charge is 2.31. The molecule has 0 spiro atoms. The molecule has 2 nitrogen and oxygen atoms in total. The summed E-state index contributed by atoms with van der Waals surface area (Å²) in [6.07, 6.45) is -4.37. The van der Waals surface area contributed by atoms with Crippen molar-refractivity contribution in [1.29, 1.82) is 0 Å². The Morgan fingerprint density at radius 1 is 1.33 bits per heavy atom. The topological polar surface area (TPSA) is 29.3 Å². The summed E-state index contributed by atoms with van der Waals surface area (Å²) >= 11 is 3.01. The quantitative estimate of drug-likeness (QED) is 0.858. The van der Waals surface area contributed by atoms with E-state index in [0.717, 1.165) is 4.90 Å². The van der Waals surface area contributed by atoms with Crippen molar-refractivity contribution < 1.29 is 17.6 Å². The molecule has 0 aliphatic rings. The SMILES string of the molecule is CCN(CC(F)(F)F)c1ccc(CN)c(Br)c1F. The summed E-state index contributed by atoms with van der Waals surface area (Å²) in [6, 6.07) is 2.83. The molecule has 0 radical (unpaired) electrons. The number of hydrogen-bond acceptors (Lipinski definition) is 2. The van der Waals surface area contributed by atoms with Crippen LogP contribution >= 0.6 is 15.9 Å². The van der Waals surface area contributed by atoms with Crippen molar-refractivity contribution in [3.8, 4) is 0 Å². The van der Waals surface area contributed by atoms with Crippen LogP contribution in [0.3, 0.4) is 0 Å². The second-order valence-electron chi connectivity index (χ2n) is 3.71. The van der Waals surface area contributed by atoms with Gasteiger partial charge in [-0.25, -0.2) is 4.39 Å². The van der Waals surface area contributed by atoms with Gasteiger partial charge >= 0.3 is 6.18 Å². The first kappa shape index (κ1) is 15.2. The van der Waals surface area contributed by atoms with Gasteiger partial charge in [-0.1, -0.05) is 6.07 Å². The molecule has 0 amide bonds. The highest BCUT2D eigenvalue weighted by Crippen LogP contribution is 2.31. The van der Waals surface area contributed by atoms with Crippen LogP contribution in [0, 0.1) is 5.82 Å². The Labute approximate surface area is 111 Å². The van der Waals surface area contributed by atoms with Gasteiger partial charge < -0.3 is 10.6 Å². The predicted octanol–water partition coefficient (Wildman–Crippen LogP) is 3.44. The zero-order valence-corrected chi connectivity index (χ0v) is 11.3. The molecule has 0 unspecified atom stereocenters. The maximum Gasteiger partial charge on any atom is 0.405 e. The third kappa shape index (κ3) is 3.58. The number of nitrogens with zero attached hydrogens (tertiary/aromatic N) is 1. The molecule has 7 heteroatoms.